The summed E-state index contributed by atoms with van der Waals surface area (Å²) >= 11 is 0. The minimum Gasteiger partial charge on any atom is -0.481 e. The predicted octanol–water partition coefficient (Wildman–Crippen LogP) is 2.69. The van der Waals surface area contributed by atoms with Crippen molar-refractivity contribution in [1.29, 1.82) is 5.26 Å². The van der Waals surface area contributed by atoms with Gasteiger partial charge in [-0.25, -0.2) is 4.39 Å². The standard InChI is InChI=1S/C17H14FN3O4/c1-11(25-15-4-2-3-12(7-15)9-19)17(22)20-10-13-8-14(18)5-6-16(13)21(23)24/h2-8,11H,10H2,1H3,(H,20,22)/t11-/m0/s1. The van der Waals surface area contributed by atoms with Crippen molar-refractivity contribution in [3.8, 4) is 11.8 Å². The van der Waals surface area contributed by atoms with Crippen LogP contribution >= 0.6 is 0 Å². The number of carbonyl (C=O) groups excluding carboxylic acids is 1. The average molecular weight is 343 g/mol. The van der Waals surface area contributed by atoms with E-state index < -0.39 is 22.8 Å². The number of halogens is 1. The van der Waals surface area contributed by atoms with E-state index in [4.69, 9.17) is 10.00 Å². The molecule has 0 aliphatic carbocycles. The van der Waals surface area contributed by atoms with E-state index in [9.17, 15) is 19.3 Å². The Bertz CT molecular complexity index is 848. The van der Waals surface area contributed by atoms with Gasteiger partial charge >= 0.3 is 0 Å². The SMILES string of the molecule is C[C@H](Oc1cccc(C#N)c1)C(=O)NCc1cc(F)ccc1[N+](=O)[O-]. The van der Waals surface area contributed by atoms with Gasteiger partial charge in [0.25, 0.3) is 11.6 Å². The van der Waals surface area contributed by atoms with Crippen molar-refractivity contribution in [3.05, 3.63) is 69.5 Å². The van der Waals surface area contributed by atoms with E-state index in [1.165, 1.54) is 13.0 Å². The molecular weight excluding hydrogens is 329 g/mol. The van der Waals surface area contributed by atoms with Gasteiger partial charge in [0.05, 0.1) is 22.1 Å². The number of nitriles is 1. The third-order valence-corrected chi connectivity index (χ3v) is 3.34. The summed E-state index contributed by atoms with van der Waals surface area (Å²) in [5, 5.41) is 22.2. The highest BCUT2D eigenvalue weighted by Crippen LogP contribution is 2.19. The summed E-state index contributed by atoms with van der Waals surface area (Å²) in [5.41, 5.74) is 0.162. The Morgan fingerprint density at radius 2 is 2.16 bits per heavy atom. The van der Waals surface area contributed by atoms with Crippen LogP contribution in [0.2, 0.25) is 0 Å². The van der Waals surface area contributed by atoms with E-state index in [1.54, 1.807) is 18.2 Å². The molecule has 2 rings (SSSR count). The monoisotopic (exact) mass is 343 g/mol. The van der Waals surface area contributed by atoms with E-state index >= 15 is 0 Å². The first-order chi connectivity index (χ1) is 11.9. The Kier molecular flexibility index (Phi) is 5.63. The molecule has 1 atom stereocenters. The molecule has 0 unspecified atom stereocenters. The Morgan fingerprint density at radius 3 is 2.84 bits per heavy atom. The van der Waals surface area contributed by atoms with Gasteiger partial charge in [0.1, 0.15) is 11.6 Å². The van der Waals surface area contributed by atoms with Gasteiger partial charge in [-0.1, -0.05) is 6.07 Å². The summed E-state index contributed by atoms with van der Waals surface area (Å²) in [7, 11) is 0. The molecule has 128 valence electrons. The summed E-state index contributed by atoms with van der Waals surface area (Å²) in [6, 6.07) is 11.3. The van der Waals surface area contributed by atoms with Crippen molar-refractivity contribution in [3.63, 3.8) is 0 Å². The lowest BCUT2D eigenvalue weighted by atomic mass is 10.1. The zero-order valence-electron chi connectivity index (χ0n) is 13.2. The summed E-state index contributed by atoms with van der Waals surface area (Å²) in [6.45, 7) is 1.28. The number of nitro benzene ring substituents is 1. The summed E-state index contributed by atoms with van der Waals surface area (Å²) in [5.74, 6) is -0.813. The van der Waals surface area contributed by atoms with Gasteiger partial charge in [-0.15, -0.1) is 0 Å². The molecule has 0 bridgehead atoms. The van der Waals surface area contributed by atoms with E-state index in [0.717, 1.165) is 18.2 Å². The first kappa shape index (κ1) is 17.9. The third kappa shape index (κ3) is 4.75. The summed E-state index contributed by atoms with van der Waals surface area (Å²) < 4.78 is 18.7. The number of benzene rings is 2. The van der Waals surface area contributed by atoms with Crippen LogP contribution in [0, 0.1) is 27.3 Å². The zero-order valence-corrected chi connectivity index (χ0v) is 13.2. The lowest BCUT2D eigenvalue weighted by Gasteiger charge is -2.15. The number of carbonyl (C=O) groups is 1. The largest absolute Gasteiger partial charge is 0.481 e. The third-order valence-electron chi connectivity index (χ3n) is 3.34. The molecule has 0 spiro atoms. The highest BCUT2D eigenvalue weighted by molar-refractivity contribution is 5.80. The maximum Gasteiger partial charge on any atom is 0.274 e. The molecule has 25 heavy (non-hydrogen) atoms. The number of hydrogen-bond acceptors (Lipinski definition) is 5. The fourth-order valence-corrected chi connectivity index (χ4v) is 2.10. The van der Waals surface area contributed by atoms with Crippen LogP contribution in [-0.2, 0) is 11.3 Å². The van der Waals surface area contributed by atoms with Crippen LogP contribution in [0.3, 0.4) is 0 Å². The van der Waals surface area contributed by atoms with Crippen molar-refractivity contribution in [1.82, 2.24) is 5.32 Å². The Balaban J connectivity index is 2.01. The molecule has 1 N–H and O–H groups in total. The number of nitrogens with zero attached hydrogens (tertiary/aromatic N) is 2. The molecule has 0 saturated heterocycles. The number of nitrogens with one attached hydrogen (secondary N) is 1. The molecule has 7 nitrogen and oxygen atoms in total. The van der Waals surface area contributed by atoms with E-state index in [0.29, 0.717) is 11.3 Å². The molecule has 0 fully saturated rings. The molecule has 1 amide bonds. The van der Waals surface area contributed by atoms with Crippen LogP contribution in [0.1, 0.15) is 18.1 Å². The van der Waals surface area contributed by atoms with Gasteiger partial charge in [-0.05, 0) is 37.3 Å². The Morgan fingerprint density at radius 1 is 1.40 bits per heavy atom. The van der Waals surface area contributed by atoms with Gasteiger partial charge in [-0.2, -0.15) is 5.26 Å². The van der Waals surface area contributed by atoms with E-state index in [1.807, 2.05) is 6.07 Å². The average Bonchev–Trinajstić information content (AvgIpc) is 2.59. The smallest absolute Gasteiger partial charge is 0.274 e. The van der Waals surface area contributed by atoms with Gasteiger partial charge in [0.15, 0.2) is 6.10 Å². The lowest BCUT2D eigenvalue weighted by molar-refractivity contribution is -0.385. The molecule has 2 aromatic carbocycles. The van der Waals surface area contributed by atoms with Crippen molar-refractivity contribution in [2.75, 3.05) is 0 Å². The second kappa shape index (κ2) is 7.88. The van der Waals surface area contributed by atoms with E-state index in [-0.39, 0.29) is 17.8 Å². The number of nitro groups is 1. The second-order valence-electron chi connectivity index (χ2n) is 5.15. The fraction of sp³-hybridized carbons (Fsp3) is 0.176. The van der Waals surface area contributed by atoms with Gasteiger partial charge in [0, 0.05) is 12.6 Å². The first-order valence-corrected chi connectivity index (χ1v) is 7.28. The van der Waals surface area contributed by atoms with Crippen LogP contribution in [0.5, 0.6) is 5.75 Å². The molecule has 0 heterocycles. The number of rotatable bonds is 6. The Labute approximate surface area is 142 Å². The van der Waals surface area contributed by atoms with Crippen LogP contribution < -0.4 is 10.1 Å². The quantitative estimate of drug-likeness (QED) is 0.641. The highest BCUT2D eigenvalue weighted by Gasteiger charge is 2.18. The zero-order chi connectivity index (χ0) is 18.4. The van der Waals surface area contributed by atoms with Crippen molar-refractivity contribution >= 4 is 11.6 Å². The number of amides is 1. The van der Waals surface area contributed by atoms with Crippen molar-refractivity contribution < 1.29 is 18.8 Å². The molecule has 8 heteroatoms. The molecule has 0 aliphatic rings. The molecular formula is C17H14FN3O4. The molecule has 0 radical (unpaired) electrons. The van der Waals surface area contributed by atoms with Crippen LogP contribution in [-0.4, -0.2) is 16.9 Å². The summed E-state index contributed by atoms with van der Waals surface area (Å²) in [4.78, 5) is 22.4. The Hall–Kier alpha value is -3.47. The molecule has 0 aromatic heterocycles. The maximum absolute atomic E-state index is 13.3. The maximum atomic E-state index is 13.3. The van der Waals surface area contributed by atoms with Crippen LogP contribution in [0.25, 0.3) is 0 Å². The van der Waals surface area contributed by atoms with Gasteiger partial charge in [-0.3, -0.25) is 14.9 Å². The number of hydrogen-bond donors (Lipinski definition) is 1. The van der Waals surface area contributed by atoms with Crippen molar-refractivity contribution in [2.24, 2.45) is 0 Å². The van der Waals surface area contributed by atoms with E-state index in [2.05, 4.69) is 5.32 Å². The fourth-order valence-electron chi connectivity index (χ4n) is 2.10. The number of ether oxygens (including phenoxy) is 1. The van der Waals surface area contributed by atoms with Crippen LogP contribution in [0.15, 0.2) is 42.5 Å². The molecule has 0 saturated carbocycles. The molecule has 2 aromatic rings. The highest BCUT2D eigenvalue weighted by atomic mass is 19.1. The van der Waals surface area contributed by atoms with Gasteiger partial charge < -0.3 is 10.1 Å². The molecule has 0 aliphatic heterocycles. The van der Waals surface area contributed by atoms with Crippen LogP contribution in [0.4, 0.5) is 10.1 Å². The van der Waals surface area contributed by atoms with Gasteiger partial charge in [0.2, 0.25) is 0 Å². The topological polar surface area (TPSA) is 105 Å². The predicted molar refractivity (Wildman–Crippen MR) is 86.1 cm³/mol. The second-order valence-corrected chi connectivity index (χ2v) is 5.15. The first-order valence-electron chi connectivity index (χ1n) is 7.28. The van der Waals surface area contributed by atoms with Crippen molar-refractivity contribution in [2.45, 2.75) is 19.6 Å². The normalized spacial score (nSPS) is 11.2. The lowest BCUT2D eigenvalue weighted by Crippen LogP contribution is -2.36. The minimum atomic E-state index is -0.901. The summed E-state index contributed by atoms with van der Waals surface area (Å²) in [6.07, 6.45) is -0.901. The minimum absolute atomic E-state index is 0.0528.